The first kappa shape index (κ1) is 13.6. The number of nitrogens with one attached hydrogen (secondary N) is 1. The lowest BCUT2D eigenvalue weighted by atomic mass is 10.1. The largest absolute Gasteiger partial charge is 0.467 e. The number of amides is 1. The van der Waals surface area contributed by atoms with E-state index in [0.717, 1.165) is 0 Å². The molecule has 0 radical (unpaired) electrons. The summed E-state index contributed by atoms with van der Waals surface area (Å²) in [6.07, 6.45) is 1.02. The highest BCUT2D eigenvalue weighted by atomic mass is 16.5. The van der Waals surface area contributed by atoms with E-state index in [9.17, 15) is 14.4 Å². The number of piperidine rings is 1. The average molecular weight is 242 g/mol. The van der Waals surface area contributed by atoms with Crippen LogP contribution in [0.4, 0.5) is 0 Å². The SMILES string of the molecule is COC(=O)C(CN1CCC(=O)CC1)NC(C)=O. The Labute approximate surface area is 100 Å². The first-order valence-corrected chi connectivity index (χ1v) is 5.62. The molecular weight excluding hydrogens is 224 g/mol. The van der Waals surface area contributed by atoms with Gasteiger partial charge in [0.05, 0.1) is 7.11 Å². The van der Waals surface area contributed by atoms with Crippen molar-refractivity contribution >= 4 is 17.7 Å². The highest BCUT2D eigenvalue weighted by Gasteiger charge is 2.25. The summed E-state index contributed by atoms with van der Waals surface area (Å²) < 4.78 is 4.63. The monoisotopic (exact) mass is 242 g/mol. The third-order valence-electron chi connectivity index (χ3n) is 2.72. The molecule has 1 N–H and O–H groups in total. The van der Waals surface area contributed by atoms with Gasteiger partial charge in [-0.1, -0.05) is 0 Å². The summed E-state index contributed by atoms with van der Waals surface area (Å²) >= 11 is 0. The lowest BCUT2D eigenvalue weighted by molar-refractivity contribution is -0.145. The second kappa shape index (κ2) is 6.34. The standard InChI is InChI=1S/C11H18N2O4/c1-8(14)12-10(11(16)17-2)7-13-5-3-9(15)4-6-13/h10H,3-7H2,1-2H3,(H,12,14). The molecule has 17 heavy (non-hydrogen) atoms. The van der Waals surface area contributed by atoms with Crippen LogP contribution in [-0.4, -0.2) is 55.3 Å². The Balaban J connectivity index is 2.50. The molecule has 1 atom stereocenters. The Bertz CT molecular complexity index is 307. The molecule has 1 aliphatic heterocycles. The number of carbonyl (C=O) groups excluding carboxylic acids is 3. The van der Waals surface area contributed by atoms with E-state index in [-0.39, 0.29) is 11.7 Å². The fourth-order valence-electron chi connectivity index (χ4n) is 1.81. The minimum Gasteiger partial charge on any atom is -0.467 e. The van der Waals surface area contributed by atoms with Crippen LogP contribution in [0, 0.1) is 0 Å². The first-order chi connectivity index (χ1) is 8.02. The number of Topliss-reactive ketones (excluding diaryl/α,β-unsaturated/α-hetero) is 1. The number of rotatable bonds is 4. The lowest BCUT2D eigenvalue weighted by Crippen LogP contribution is -2.50. The number of hydrogen-bond donors (Lipinski definition) is 1. The van der Waals surface area contributed by atoms with Crippen molar-refractivity contribution < 1.29 is 19.1 Å². The van der Waals surface area contributed by atoms with E-state index in [1.165, 1.54) is 14.0 Å². The summed E-state index contributed by atoms with van der Waals surface area (Å²) in [7, 11) is 1.29. The maximum absolute atomic E-state index is 11.5. The molecule has 1 heterocycles. The van der Waals surface area contributed by atoms with E-state index in [0.29, 0.717) is 32.5 Å². The topological polar surface area (TPSA) is 75.7 Å². The summed E-state index contributed by atoms with van der Waals surface area (Å²) in [5, 5.41) is 2.55. The van der Waals surface area contributed by atoms with Crippen molar-refractivity contribution in [1.29, 1.82) is 0 Å². The molecule has 0 aromatic heterocycles. The third kappa shape index (κ3) is 4.52. The van der Waals surface area contributed by atoms with Gasteiger partial charge in [-0.25, -0.2) is 4.79 Å². The first-order valence-electron chi connectivity index (χ1n) is 5.62. The van der Waals surface area contributed by atoms with Crippen LogP contribution >= 0.6 is 0 Å². The van der Waals surface area contributed by atoms with Gasteiger partial charge in [-0.05, 0) is 0 Å². The minimum absolute atomic E-state index is 0.246. The molecule has 6 nitrogen and oxygen atoms in total. The van der Waals surface area contributed by atoms with Gasteiger partial charge in [0.2, 0.25) is 5.91 Å². The number of nitrogens with zero attached hydrogens (tertiary/aromatic N) is 1. The van der Waals surface area contributed by atoms with Crippen LogP contribution in [-0.2, 0) is 19.1 Å². The molecule has 6 heteroatoms. The third-order valence-corrected chi connectivity index (χ3v) is 2.72. The van der Waals surface area contributed by atoms with Gasteiger partial charge in [0.15, 0.2) is 0 Å². The Hall–Kier alpha value is -1.43. The maximum Gasteiger partial charge on any atom is 0.329 e. The van der Waals surface area contributed by atoms with E-state index < -0.39 is 12.0 Å². The number of methoxy groups -OCH3 is 1. The highest BCUT2D eigenvalue weighted by molar-refractivity contribution is 5.83. The minimum atomic E-state index is -0.661. The molecule has 0 aromatic carbocycles. The van der Waals surface area contributed by atoms with Crippen molar-refractivity contribution in [2.45, 2.75) is 25.8 Å². The summed E-state index contributed by atoms with van der Waals surface area (Å²) in [6.45, 7) is 3.01. The van der Waals surface area contributed by atoms with Crippen molar-refractivity contribution in [3.63, 3.8) is 0 Å². The zero-order valence-corrected chi connectivity index (χ0v) is 10.2. The molecule has 1 rings (SSSR count). The van der Waals surface area contributed by atoms with Crippen LogP contribution < -0.4 is 5.32 Å². The molecule has 0 aliphatic carbocycles. The summed E-state index contributed by atoms with van der Waals surface area (Å²) in [6, 6.07) is -0.661. The van der Waals surface area contributed by atoms with Crippen molar-refractivity contribution in [3.8, 4) is 0 Å². The number of hydrogen-bond acceptors (Lipinski definition) is 5. The number of ketones is 1. The number of ether oxygens (including phenoxy) is 1. The van der Waals surface area contributed by atoms with Gasteiger partial charge in [0.25, 0.3) is 0 Å². The van der Waals surface area contributed by atoms with Gasteiger partial charge >= 0.3 is 5.97 Å². The van der Waals surface area contributed by atoms with Gasteiger partial charge in [-0.3, -0.25) is 14.5 Å². The van der Waals surface area contributed by atoms with E-state index in [2.05, 4.69) is 10.1 Å². The van der Waals surface area contributed by atoms with Crippen LogP contribution in [0.15, 0.2) is 0 Å². The molecule has 96 valence electrons. The van der Waals surface area contributed by atoms with Gasteiger partial charge < -0.3 is 10.1 Å². The smallest absolute Gasteiger partial charge is 0.329 e. The van der Waals surface area contributed by atoms with Crippen LogP contribution in [0.5, 0.6) is 0 Å². The van der Waals surface area contributed by atoms with Gasteiger partial charge in [0.1, 0.15) is 11.8 Å². The van der Waals surface area contributed by atoms with E-state index in [4.69, 9.17) is 0 Å². The fourth-order valence-corrected chi connectivity index (χ4v) is 1.81. The summed E-state index contributed by atoms with van der Waals surface area (Å²) in [5.41, 5.74) is 0. The Morgan fingerprint density at radius 3 is 2.47 bits per heavy atom. The van der Waals surface area contributed by atoms with Crippen LogP contribution in [0.1, 0.15) is 19.8 Å². The van der Waals surface area contributed by atoms with E-state index >= 15 is 0 Å². The molecule has 1 unspecified atom stereocenters. The molecule has 0 aromatic rings. The number of esters is 1. The molecule has 0 bridgehead atoms. The molecule has 1 amide bonds. The molecule has 1 fully saturated rings. The molecule has 1 saturated heterocycles. The lowest BCUT2D eigenvalue weighted by Gasteiger charge is -2.28. The average Bonchev–Trinajstić information content (AvgIpc) is 2.29. The Kier molecular flexibility index (Phi) is 5.09. The van der Waals surface area contributed by atoms with E-state index in [1.807, 2.05) is 4.90 Å². The fraction of sp³-hybridized carbons (Fsp3) is 0.727. The zero-order valence-electron chi connectivity index (χ0n) is 10.2. The summed E-state index contributed by atoms with van der Waals surface area (Å²) in [5.74, 6) is -0.485. The van der Waals surface area contributed by atoms with Crippen molar-refractivity contribution in [1.82, 2.24) is 10.2 Å². The van der Waals surface area contributed by atoms with Crippen LogP contribution in [0.3, 0.4) is 0 Å². The van der Waals surface area contributed by atoms with E-state index in [1.54, 1.807) is 0 Å². The highest BCUT2D eigenvalue weighted by Crippen LogP contribution is 2.06. The molecule has 1 aliphatic rings. The van der Waals surface area contributed by atoms with Crippen molar-refractivity contribution in [3.05, 3.63) is 0 Å². The van der Waals surface area contributed by atoms with Crippen molar-refractivity contribution in [2.75, 3.05) is 26.7 Å². The maximum atomic E-state index is 11.5. The Morgan fingerprint density at radius 2 is 2.00 bits per heavy atom. The Morgan fingerprint density at radius 1 is 1.41 bits per heavy atom. The van der Waals surface area contributed by atoms with Gasteiger partial charge in [-0.2, -0.15) is 0 Å². The normalized spacial score (nSPS) is 18.6. The second-order valence-electron chi connectivity index (χ2n) is 4.12. The predicted octanol–water partition coefficient (Wildman–Crippen LogP) is -0.671. The van der Waals surface area contributed by atoms with Crippen LogP contribution in [0.2, 0.25) is 0 Å². The van der Waals surface area contributed by atoms with Gasteiger partial charge in [-0.15, -0.1) is 0 Å². The number of likely N-dealkylation sites (tertiary alicyclic amines) is 1. The van der Waals surface area contributed by atoms with Crippen LogP contribution in [0.25, 0.3) is 0 Å². The van der Waals surface area contributed by atoms with Crippen molar-refractivity contribution in [2.24, 2.45) is 0 Å². The van der Waals surface area contributed by atoms with Gasteiger partial charge in [0, 0.05) is 39.4 Å². The zero-order chi connectivity index (χ0) is 12.8. The summed E-state index contributed by atoms with van der Waals surface area (Å²) in [4.78, 5) is 35.5. The predicted molar refractivity (Wildman–Crippen MR) is 60.3 cm³/mol. The second-order valence-corrected chi connectivity index (χ2v) is 4.12. The molecule has 0 saturated carbocycles. The molecular formula is C11H18N2O4. The molecule has 0 spiro atoms. The quantitative estimate of drug-likeness (QED) is 0.662. The number of carbonyl (C=O) groups is 3.